The number of likely N-dealkylation sites (N-methyl/N-ethyl adjacent to an activating group) is 1. The van der Waals surface area contributed by atoms with E-state index in [0.717, 1.165) is 38.4 Å². The molecule has 0 saturated carbocycles. The first-order chi connectivity index (χ1) is 9.15. The van der Waals surface area contributed by atoms with Crippen LogP contribution >= 0.6 is 0 Å². The third-order valence-corrected chi connectivity index (χ3v) is 3.42. The van der Waals surface area contributed by atoms with Gasteiger partial charge in [-0.25, -0.2) is 0 Å². The van der Waals surface area contributed by atoms with Gasteiger partial charge in [-0.3, -0.25) is 0 Å². The van der Waals surface area contributed by atoms with Crippen molar-refractivity contribution >= 4 is 0 Å². The summed E-state index contributed by atoms with van der Waals surface area (Å²) in [6.45, 7) is 7.93. The summed E-state index contributed by atoms with van der Waals surface area (Å²) in [5, 5.41) is 0. The molecule has 1 unspecified atom stereocenters. The van der Waals surface area contributed by atoms with Crippen LogP contribution in [0.2, 0.25) is 0 Å². The van der Waals surface area contributed by atoms with Gasteiger partial charge in [0, 0.05) is 6.54 Å². The van der Waals surface area contributed by atoms with Gasteiger partial charge in [0.1, 0.15) is 5.75 Å². The molecule has 0 heterocycles. The fourth-order valence-electron chi connectivity index (χ4n) is 1.91. The van der Waals surface area contributed by atoms with E-state index in [0.29, 0.717) is 5.92 Å². The molecule has 0 aliphatic rings. The minimum atomic E-state index is 0.618. The molecule has 0 fully saturated rings. The molecule has 1 aromatic carbocycles. The molecule has 19 heavy (non-hydrogen) atoms. The fraction of sp³-hybridized carbons (Fsp3) is 0.625. The fourth-order valence-corrected chi connectivity index (χ4v) is 1.91. The zero-order valence-electron chi connectivity index (χ0n) is 12.6. The molecular weight excluding hydrogens is 236 g/mol. The van der Waals surface area contributed by atoms with Gasteiger partial charge in [-0.05, 0) is 63.5 Å². The van der Waals surface area contributed by atoms with Crippen molar-refractivity contribution in [2.24, 2.45) is 11.7 Å². The van der Waals surface area contributed by atoms with Crippen LogP contribution < -0.4 is 10.5 Å². The molecule has 0 aromatic heterocycles. The van der Waals surface area contributed by atoms with E-state index in [9.17, 15) is 0 Å². The lowest BCUT2D eigenvalue weighted by atomic mass is 10.1. The van der Waals surface area contributed by atoms with Crippen LogP contribution in [0.1, 0.15) is 25.8 Å². The summed E-state index contributed by atoms with van der Waals surface area (Å²) in [7, 11) is 2.18. The molecule has 1 aromatic rings. The SMILES string of the molecule is CCOc1ccc(CCN(C)CCC(C)CN)cc1. The van der Waals surface area contributed by atoms with Crippen LogP contribution in [-0.4, -0.2) is 38.2 Å². The first-order valence-corrected chi connectivity index (χ1v) is 7.26. The average Bonchev–Trinajstić information content (AvgIpc) is 2.44. The van der Waals surface area contributed by atoms with E-state index in [1.807, 2.05) is 6.92 Å². The summed E-state index contributed by atoms with van der Waals surface area (Å²) in [5.41, 5.74) is 6.99. The quantitative estimate of drug-likeness (QED) is 0.745. The zero-order chi connectivity index (χ0) is 14.1. The predicted octanol–water partition coefficient (Wildman–Crippen LogP) is 2.54. The predicted molar refractivity (Wildman–Crippen MR) is 81.6 cm³/mol. The van der Waals surface area contributed by atoms with Crippen LogP contribution in [0.5, 0.6) is 5.75 Å². The number of benzene rings is 1. The Labute approximate surface area is 117 Å². The normalized spacial score (nSPS) is 12.7. The second kappa shape index (κ2) is 8.94. The van der Waals surface area contributed by atoms with Gasteiger partial charge in [-0.2, -0.15) is 0 Å². The maximum Gasteiger partial charge on any atom is 0.119 e. The molecule has 0 aliphatic heterocycles. The summed E-state index contributed by atoms with van der Waals surface area (Å²) < 4.78 is 5.44. The van der Waals surface area contributed by atoms with E-state index in [1.54, 1.807) is 0 Å². The van der Waals surface area contributed by atoms with Crippen molar-refractivity contribution < 1.29 is 4.74 Å². The number of rotatable bonds is 9. The van der Waals surface area contributed by atoms with Crippen LogP contribution in [0, 0.1) is 5.92 Å². The number of nitrogens with two attached hydrogens (primary N) is 1. The van der Waals surface area contributed by atoms with Gasteiger partial charge in [0.05, 0.1) is 6.61 Å². The van der Waals surface area contributed by atoms with Crippen molar-refractivity contribution in [2.75, 3.05) is 33.3 Å². The van der Waals surface area contributed by atoms with Crippen molar-refractivity contribution in [3.05, 3.63) is 29.8 Å². The molecule has 1 rings (SSSR count). The van der Waals surface area contributed by atoms with E-state index in [1.165, 1.54) is 12.0 Å². The van der Waals surface area contributed by atoms with E-state index >= 15 is 0 Å². The first kappa shape index (κ1) is 16.0. The maximum absolute atomic E-state index is 5.63. The molecule has 108 valence electrons. The summed E-state index contributed by atoms with van der Waals surface area (Å²) in [6, 6.07) is 8.41. The summed E-state index contributed by atoms with van der Waals surface area (Å²) in [5.74, 6) is 1.57. The molecule has 0 aliphatic carbocycles. The lowest BCUT2D eigenvalue weighted by Gasteiger charge is -2.18. The van der Waals surface area contributed by atoms with Crippen LogP contribution in [0.4, 0.5) is 0 Å². The largest absolute Gasteiger partial charge is 0.494 e. The number of ether oxygens (including phenoxy) is 1. The number of nitrogens with zero attached hydrogens (tertiary/aromatic N) is 1. The summed E-state index contributed by atoms with van der Waals surface area (Å²) >= 11 is 0. The molecular formula is C16H28N2O. The van der Waals surface area contributed by atoms with Gasteiger partial charge in [0.25, 0.3) is 0 Å². The number of hydrogen-bond acceptors (Lipinski definition) is 3. The Balaban J connectivity index is 2.27. The molecule has 0 bridgehead atoms. The minimum absolute atomic E-state index is 0.618. The standard InChI is InChI=1S/C16H28N2O/c1-4-19-16-7-5-15(6-8-16)10-12-18(3)11-9-14(2)13-17/h5-8,14H,4,9-13,17H2,1-3H3. The van der Waals surface area contributed by atoms with Crippen LogP contribution in [0.15, 0.2) is 24.3 Å². The van der Waals surface area contributed by atoms with Gasteiger partial charge in [0.15, 0.2) is 0 Å². The Morgan fingerprint density at radius 2 is 1.89 bits per heavy atom. The second-order valence-electron chi connectivity index (χ2n) is 5.26. The molecule has 0 amide bonds. The molecule has 1 atom stereocenters. The topological polar surface area (TPSA) is 38.5 Å². The Kier molecular flexibility index (Phi) is 7.53. The second-order valence-corrected chi connectivity index (χ2v) is 5.26. The van der Waals surface area contributed by atoms with Crippen molar-refractivity contribution in [1.29, 1.82) is 0 Å². The smallest absolute Gasteiger partial charge is 0.119 e. The summed E-state index contributed by atoms with van der Waals surface area (Å²) in [4.78, 5) is 2.38. The van der Waals surface area contributed by atoms with E-state index in [-0.39, 0.29) is 0 Å². The summed E-state index contributed by atoms with van der Waals surface area (Å²) in [6.07, 6.45) is 2.26. The molecule has 0 saturated heterocycles. The molecule has 3 heteroatoms. The zero-order valence-corrected chi connectivity index (χ0v) is 12.6. The highest BCUT2D eigenvalue weighted by Gasteiger charge is 2.03. The highest BCUT2D eigenvalue weighted by atomic mass is 16.5. The monoisotopic (exact) mass is 264 g/mol. The van der Waals surface area contributed by atoms with Crippen LogP contribution in [0.25, 0.3) is 0 Å². The van der Waals surface area contributed by atoms with E-state index < -0.39 is 0 Å². The van der Waals surface area contributed by atoms with Crippen molar-refractivity contribution in [1.82, 2.24) is 4.90 Å². The minimum Gasteiger partial charge on any atom is -0.494 e. The van der Waals surface area contributed by atoms with E-state index in [4.69, 9.17) is 10.5 Å². The van der Waals surface area contributed by atoms with Gasteiger partial charge in [0.2, 0.25) is 0 Å². The van der Waals surface area contributed by atoms with Crippen LogP contribution in [0.3, 0.4) is 0 Å². The lowest BCUT2D eigenvalue weighted by molar-refractivity contribution is 0.310. The molecule has 0 radical (unpaired) electrons. The van der Waals surface area contributed by atoms with Gasteiger partial charge in [-0.15, -0.1) is 0 Å². The Bertz CT molecular complexity index is 337. The van der Waals surface area contributed by atoms with Gasteiger partial charge in [-0.1, -0.05) is 19.1 Å². The Morgan fingerprint density at radius 1 is 1.21 bits per heavy atom. The van der Waals surface area contributed by atoms with Crippen molar-refractivity contribution in [2.45, 2.75) is 26.7 Å². The molecule has 2 N–H and O–H groups in total. The Morgan fingerprint density at radius 3 is 2.47 bits per heavy atom. The average molecular weight is 264 g/mol. The van der Waals surface area contributed by atoms with Crippen molar-refractivity contribution in [3.8, 4) is 5.75 Å². The maximum atomic E-state index is 5.63. The highest BCUT2D eigenvalue weighted by molar-refractivity contribution is 5.27. The molecule has 0 spiro atoms. The van der Waals surface area contributed by atoms with Gasteiger partial charge >= 0.3 is 0 Å². The van der Waals surface area contributed by atoms with Crippen LogP contribution in [-0.2, 0) is 6.42 Å². The number of hydrogen-bond donors (Lipinski definition) is 1. The van der Waals surface area contributed by atoms with E-state index in [2.05, 4.69) is 43.1 Å². The van der Waals surface area contributed by atoms with Crippen molar-refractivity contribution in [3.63, 3.8) is 0 Å². The third-order valence-electron chi connectivity index (χ3n) is 3.42. The first-order valence-electron chi connectivity index (χ1n) is 7.26. The lowest BCUT2D eigenvalue weighted by Crippen LogP contribution is -2.25. The molecule has 3 nitrogen and oxygen atoms in total. The van der Waals surface area contributed by atoms with Gasteiger partial charge < -0.3 is 15.4 Å². The highest BCUT2D eigenvalue weighted by Crippen LogP contribution is 2.12. The Hall–Kier alpha value is -1.06. The third kappa shape index (κ3) is 6.60.